The van der Waals surface area contributed by atoms with E-state index in [1.165, 1.54) is 0 Å². The average molecular weight is 256 g/mol. The van der Waals surface area contributed by atoms with Crippen LogP contribution in [0.4, 0.5) is 24.5 Å². The molecule has 1 heterocycles. The molecular weight excluding hydrogens is 251 g/mol. The highest BCUT2D eigenvalue weighted by molar-refractivity contribution is 6.29. The molecule has 0 atom stereocenters. The molecule has 1 rings (SSSR count). The zero-order chi connectivity index (χ0) is 12.3. The molecule has 0 bridgehead atoms. The Hall–Kier alpha value is -1.57. The van der Waals surface area contributed by atoms with E-state index in [-0.39, 0.29) is 10.8 Å². The van der Waals surface area contributed by atoms with Crippen molar-refractivity contribution in [2.24, 2.45) is 0 Å². The molecule has 0 saturated carbocycles. The van der Waals surface area contributed by atoms with Crippen LogP contribution in [-0.2, 0) is 0 Å². The first-order valence-corrected chi connectivity index (χ1v) is 4.28. The Morgan fingerprint density at radius 2 is 2.19 bits per heavy atom. The van der Waals surface area contributed by atoms with Gasteiger partial charge < -0.3 is 5.32 Å². The summed E-state index contributed by atoms with van der Waals surface area (Å²) in [6.07, 6.45) is -3.68. The predicted octanol–water partition coefficient (Wildman–Crippen LogP) is 2.62. The molecule has 0 unspecified atom stereocenters. The Bertz CT molecular complexity index is 410. The lowest BCUT2D eigenvalue weighted by Crippen LogP contribution is -2.21. The second-order valence-electron chi connectivity index (χ2n) is 2.75. The molecule has 0 saturated heterocycles. The van der Waals surface area contributed by atoms with Crippen LogP contribution in [0, 0.1) is 10.1 Å². The van der Waals surface area contributed by atoms with E-state index in [4.69, 9.17) is 11.6 Å². The maximum atomic E-state index is 11.9. The van der Waals surface area contributed by atoms with Gasteiger partial charge in [0.15, 0.2) is 0 Å². The van der Waals surface area contributed by atoms with Gasteiger partial charge in [0.1, 0.15) is 23.6 Å². The standard InChI is InChI=1S/C7H5ClF3N3O2/c8-6-1-4(13-3-7(9,10)11)5(2-12-6)14(15)16/h1-2H,3H2,(H,12,13). The number of halogens is 4. The molecule has 0 spiro atoms. The fraction of sp³-hybridized carbons (Fsp3) is 0.286. The minimum Gasteiger partial charge on any atom is -0.371 e. The summed E-state index contributed by atoms with van der Waals surface area (Å²) >= 11 is 5.42. The highest BCUT2D eigenvalue weighted by Crippen LogP contribution is 2.27. The van der Waals surface area contributed by atoms with Gasteiger partial charge in [0.2, 0.25) is 0 Å². The van der Waals surface area contributed by atoms with Gasteiger partial charge in [-0.1, -0.05) is 11.6 Å². The van der Waals surface area contributed by atoms with Gasteiger partial charge in [-0.15, -0.1) is 0 Å². The summed E-state index contributed by atoms with van der Waals surface area (Å²) in [6, 6.07) is 0.964. The van der Waals surface area contributed by atoms with Crippen molar-refractivity contribution in [1.29, 1.82) is 0 Å². The molecule has 0 aromatic carbocycles. The van der Waals surface area contributed by atoms with E-state index in [1.54, 1.807) is 0 Å². The van der Waals surface area contributed by atoms with Crippen molar-refractivity contribution in [3.8, 4) is 0 Å². The predicted molar refractivity (Wildman–Crippen MR) is 50.4 cm³/mol. The molecule has 9 heteroatoms. The zero-order valence-electron chi connectivity index (χ0n) is 7.58. The van der Waals surface area contributed by atoms with E-state index in [0.717, 1.165) is 12.3 Å². The number of anilines is 1. The number of nitro groups is 1. The summed E-state index contributed by atoms with van der Waals surface area (Å²) in [4.78, 5) is 13.0. The third-order valence-electron chi connectivity index (χ3n) is 1.53. The zero-order valence-corrected chi connectivity index (χ0v) is 8.34. The van der Waals surface area contributed by atoms with Gasteiger partial charge in [-0.05, 0) is 0 Å². The van der Waals surface area contributed by atoms with Gasteiger partial charge in [-0.3, -0.25) is 10.1 Å². The largest absolute Gasteiger partial charge is 0.405 e. The van der Waals surface area contributed by atoms with E-state index >= 15 is 0 Å². The highest BCUT2D eigenvalue weighted by Gasteiger charge is 2.28. The molecule has 16 heavy (non-hydrogen) atoms. The molecule has 0 aliphatic heterocycles. The Kier molecular flexibility index (Phi) is 3.53. The van der Waals surface area contributed by atoms with Crippen LogP contribution in [0.2, 0.25) is 5.15 Å². The molecule has 1 aromatic rings. The number of rotatable bonds is 3. The van der Waals surface area contributed by atoms with E-state index in [0.29, 0.717) is 0 Å². The fourth-order valence-corrected chi connectivity index (χ4v) is 1.06. The van der Waals surface area contributed by atoms with Crippen LogP contribution < -0.4 is 5.32 Å². The van der Waals surface area contributed by atoms with Crippen molar-refractivity contribution >= 4 is 23.0 Å². The third-order valence-corrected chi connectivity index (χ3v) is 1.73. The average Bonchev–Trinajstić information content (AvgIpc) is 2.13. The number of hydrogen-bond donors (Lipinski definition) is 1. The summed E-state index contributed by atoms with van der Waals surface area (Å²) in [7, 11) is 0. The highest BCUT2D eigenvalue weighted by atomic mass is 35.5. The molecule has 0 radical (unpaired) electrons. The SMILES string of the molecule is O=[N+]([O-])c1cnc(Cl)cc1NCC(F)(F)F. The summed E-state index contributed by atoms with van der Waals surface area (Å²) in [5, 5.41) is 12.2. The van der Waals surface area contributed by atoms with Crippen molar-refractivity contribution in [3.05, 3.63) is 27.5 Å². The minimum absolute atomic E-state index is 0.129. The van der Waals surface area contributed by atoms with Crippen molar-refractivity contribution < 1.29 is 18.1 Å². The third kappa shape index (κ3) is 3.54. The van der Waals surface area contributed by atoms with E-state index in [2.05, 4.69) is 4.98 Å². The van der Waals surface area contributed by atoms with E-state index in [9.17, 15) is 23.3 Å². The van der Waals surface area contributed by atoms with Gasteiger partial charge in [0, 0.05) is 6.07 Å². The summed E-state index contributed by atoms with van der Waals surface area (Å²) in [5.41, 5.74) is -0.879. The van der Waals surface area contributed by atoms with Crippen LogP contribution in [0.3, 0.4) is 0 Å². The normalized spacial score (nSPS) is 11.2. The maximum absolute atomic E-state index is 11.9. The first-order chi connectivity index (χ1) is 7.29. The Labute approximate surface area is 92.4 Å². The molecule has 0 aliphatic carbocycles. The lowest BCUT2D eigenvalue weighted by Gasteiger charge is -2.09. The number of hydrogen-bond acceptors (Lipinski definition) is 4. The van der Waals surface area contributed by atoms with E-state index < -0.39 is 23.3 Å². The molecule has 1 N–H and O–H groups in total. The Balaban J connectivity index is 2.93. The molecule has 88 valence electrons. The topological polar surface area (TPSA) is 68.1 Å². The number of aromatic nitrogens is 1. The molecule has 0 aliphatic rings. The van der Waals surface area contributed by atoms with Crippen LogP contribution in [0.15, 0.2) is 12.3 Å². The van der Waals surface area contributed by atoms with Crippen molar-refractivity contribution in [3.63, 3.8) is 0 Å². The minimum atomic E-state index is -4.47. The molecule has 0 fully saturated rings. The Morgan fingerprint density at radius 1 is 1.56 bits per heavy atom. The van der Waals surface area contributed by atoms with Crippen molar-refractivity contribution in [1.82, 2.24) is 4.98 Å². The van der Waals surface area contributed by atoms with Gasteiger partial charge in [-0.25, -0.2) is 4.98 Å². The molecular formula is C7H5ClF3N3O2. The number of nitrogens with one attached hydrogen (secondary N) is 1. The first-order valence-electron chi connectivity index (χ1n) is 3.90. The van der Waals surface area contributed by atoms with Crippen LogP contribution >= 0.6 is 11.6 Å². The van der Waals surface area contributed by atoms with Gasteiger partial charge >= 0.3 is 11.9 Å². The Morgan fingerprint density at radius 3 is 2.69 bits per heavy atom. The van der Waals surface area contributed by atoms with Gasteiger partial charge in [0.25, 0.3) is 0 Å². The van der Waals surface area contributed by atoms with Crippen molar-refractivity contribution in [2.75, 3.05) is 11.9 Å². The van der Waals surface area contributed by atoms with Crippen LogP contribution in [-0.4, -0.2) is 22.6 Å². The van der Waals surface area contributed by atoms with E-state index in [1.807, 2.05) is 5.32 Å². The van der Waals surface area contributed by atoms with Crippen LogP contribution in [0.1, 0.15) is 0 Å². The second kappa shape index (κ2) is 4.52. The fourth-order valence-electron chi connectivity index (χ4n) is 0.905. The first kappa shape index (κ1) is 12.5. The molecule has 0 amide bonds. The molecule has 1 aromatic heterocycles. The smallest absolute Gasteiger partial charge is 0.371 e. The van der Waals surface area contributed by atoms with Crippen LogP contribution in [0.25, 0.3) is 0 Å². The summed E-state index contributed by atoms with van der Waals surface area (Å²) in [6.45, 7) is -1.38. The van der Waals surface area contributed by atoms with Crippen LogP contribution in [0.5, 0.6) is 0 Å². The molecule has 5 nitrogen and oxygen atoms in total. The second-order valence-corrected chi connectivity index (χ2v) is 3.14. The maximum Gasteiger partial charge on any atom is 0.405 e. The summed E-state index contributed by atoms with van der Waals surface area (Å²) < 4.78 is 35.7. The number of alkyl halides is 3. The number of pyridine rings is 1. The lowest BCUT2D eigenvalue weighted by atomic mass is 10.3. The quantitative estimate of drug-likeness (QED) is 0.512. The lowest BCUT2D eigenvalue weighted by molar-refractivity contribution is -0.384. The van der Waals surface area contributed by atoms with Crippen molar-refractivity contribution in [2.45, 2.75) is 6.18 Å². The van der Waals surface area contributed by atoms with Gasteiger partial charge in [-0.2, -0.15) is 13.2 Å². The summed E-state index contributed by atoms with van der Waals surface area (Å²) in [5.74, 6) is 0. The van der Waals surface area contributed by atoms with Gasteiger partial charge in [0.05, 0.1) is 4.92 Å². The number of nitrogens with zero attached hydrogens (tertiary/aromatic N) is 2. The monoisotopic (exact) mass is 255 g/mol.